The number of carboxylic acids is 1. The summed E-state index contributed by atoms with van der Waals surface area (Å²) in [6.07, 6.45) is 1.86. The summed E-state index contributed by atoms with van der Waals surface area (Å²) in [5.74, 6) is 0.546. The summed E-state index contributed by atoms with van der Waals surface area (Å²) in [5, 5.41) is 8.84. The lowest BCUT2D eigenvalue weighted by molar-refractivity contribution is -0.139. The van der Waals surface area contributed by atoms with Crippen LogP contribution in [0.2, 0.25) is 0 Å². The molecule has 1 saturated heterocycles. The molecule has 0 radical (unpaired) electrons. The Bertz CT molecular complexity index is 1060. The molecule has 1 atom stereocenters. The maximum Gasteiger partial charge on any atom is 0.341 e. The van der Waals surface area contributed by atoms with E-state index in [1.54, 1.807) is 0 Å². The van der Waals surface area contributed by atoms with Crippen LogP contribution >= 0.6 is 0 Å². The van der Waals surface area contributed by atoms with Crippen LogP contribution in [0, 0.1) is 6.92 Å². The molecular formula is C23H26N4O3. The fraction of sp³-hybridized carbons (Fsp3) is 0.348. The van der Waals surface area contributed by atoms with Gasteiger partial charge in [0.25, 0.3) is 0 Å². The van der Waals surface area contributed by atoms with Gasteiger partial charge >= 0.3 is 5.97 Å². The molecule has 0 saturated carbocycles. The van der Waals surface area contributed by atoms with Crippen LogP contribution in [0.25, 0.3) is 11.0 Å². The number of anilines is 1. The highest BCUT2D eigenvalue weighted by molar-refractivity contribution is 5.75. The van der Waals surface area contributed by atoms with Gasteiger partial charge in [-0.25, -0.2) is 9.78 Å². The minimum absolute atomic E-state index is 0.329. The maximum absolute atomic E-state index is 10.8. The quantitative estimate of drug-likeness (QED) is 0.674. The van der Waals surface area contributed by atoms with Crippen LogP contribution in [0.3, 0.4) is 0 Å². The number of nitrogens with zero attached hydrogens (tertiary/aromatic N) is 4. The van der Waals surface area contributed by atoms with Crippen molar-refractivity contribution >= 4 is 22.8 Å². The van der Waals surface area contributed by atoms with Crippen molar-refractivity contribution in [3.8, 4) is 5.75 Å². The molecule has 7 nitrogen and oxygen atoms in total. The summed E-state index contributed by atoms with van der Waals surface area (Å²) >= 11 is 0. The lowest BCUT2D eigenvalue weighted by Crippen LogP contribution is -2.51. The Morgan fingerprint density at radius 1 is 1.20 bits per heavy atom. The number of aliphatic carboxylic acids is 1. The third-order valence-electron chi connectivity index (χ3n) is 5.38. The molecule has 3 aromatic rings. The Hall–Kier alpha value is -3.19. The lowest BCUT2D eigenvalue weighted by atomic mass is 10.1. The number of piperazine rings is 1. The normalized spacial score (nSPS) is 17.3. The van der Waals surface area contributed by atoms with E-state index in [0.29, 0.717) is 11.8 Å². The molecular weight excluding hydrogens is 380 g/mol. The number of benzene rings is 2. The number of para-hydroxylation sites is 2. The highest BCUT2D eigenvalue weighted by Gasteiger charge is 2.25. The monoisotopic (exact) mass is 406 g/mol. The van der Waals surface area contributed by atoms with Crippen molar-refractivity contribution in [3.05, 3.63) is 59.8 Å². The predicted molar refractivity (Wildman–Crippen MR) is 116 cm³/mol. The van der Waals surface area contributed by atoms with Gasteiger partial charge in [0.1, 0.15) is 11.6 Å². The van der Waals surface area contributed by atoms with E-state index in [9.17, 15) is 4.79 Å². The Labute approximate surface area is 175 Å². The number of hydrogen-bond donors (Lipinski definition) is 1. The van der Waals surface area contributed by atoms with Crippen LogP contribution in [-0.2, 0) is 11.3 Å². The van der Waals surface area contributed by atoms with Gasteiger partial charge in [0.05, 0.1) is 17.2 Å². The number of aromatic nitrogens is 2. The predicted octanol–water partition coefficient (Wildman–Crippen LogP) is 3.11. The molecule has 0 bridgehead atoms. The molecule has 1 fully saturated rings. The fourth-order valence-electron chi connectivity index (χ4n) is 3.92. The van der Waals surface area contributed by atoms with Gasteiger partial charge < -0.3 is 14.7 Å². The minimum Gasteiger partial charge on any atom is -0.482 e. The molecule has 0 amide bonds. The minimum atomic E-state index is -0.973. The molecule has 30 heavy (non-hydrogen) atoms. The Morgan fingerprint density at radius 2 is 2.00 bits per heavy atom. The van der Waals surface area contributed by atoms with E-state index in [1.807, 2.05) is 49.5 Å². The zero-order chi connectivity index (χ0) is 21.1. The van der Waals surface area contributed by atoms with E-state index in [2.05, 4.69) is 27.8 Å². The molecule has 0 aliphatic carbocycles. The van der Waals surface area contributed by atoms with Crippen molar-refractivity contribution in [2.45, 2.75) is 26.4 Å². The molecule has 0 unspecified atom stereocenters. The Kier molecular flexibility index (Phi) is 5.81. The van der Waals surface area contributed by atoms with Gasteiger partial charge in [0.15, 0.2) is 6.61 Å². The summed E-state index contributed by atoms with van der Waals surface area (Å²) < 4.78 is 5.37. The standard InChI is InChI=1S/C23H26N4O3/c1-16-9-18(11-19(10-16)30-15-23(28)29)14-26-7-8-27(13-17(26)2)22-12-24-20-5-3-4-6-21(20)25-22/h3-6,9-12,17H,7-8,13-15H2,1-2H3,(H,28,29)/t17-/m1/s1. The molecule has 2 heterocycles. The summed E-state index contributed by atoms with van der Waals surface area (Å²) in [6, 6.07) is 14.2. The average molecular weight is 406 g/mol. The van der Waals surface area contributed by atoms with Crippen molar-refractivity contribution in [3.63, 3.8) is 0 Å². The molecule has 1 N–H and O–H groups in total. The van der Waals surface area contributed by atoms with Crippen molar-refractivity contribution in [2.75, 3.05) is 31.1 Å². The number of carbonyl (C=O) groups is 1. The molecule has 0 spiro atoms. The zero-order valence-corrected chi connectivity index (χ0v) is 17.3. The third-order valence-corrected chi connectivity index (χ3v) is 5.38. The topological polar surface area (TPSA) is 78.8 Å². The number of aryl methyl sites for hydroxylation is 1. The summed E-state index contributed by atoms with van der Waals surface area (Å²) in [7, 11) is 0. The summed E-state index contributed by atoms with van der Waals surface area (Å²) in [4.78, 5) is 24.8. The average Bonchev–Trinajstić information content (AvgIpc) is 2.73. The first-order chi connectivity index (χ1) is 14.5. The smallest absolute Gasteiger partial charge is 0.341 e. The van der Waals surface area contributed by atoms with E-state index in [-0.39, 0.29) is 6.61 Å². The van der Waals surface area contributed by atoms with E-state index < -0.39 is 5.97 Å². The molecule has 1 aliphatic heterocycles. The lowest BCUT2D eigenvalue weighted by Gasteiger charge is -2.40. The maximum atomic E-state index is 10.8. The van der Waals surface area contributed by atoms with Gasteiger partial charge in [-0.1, -0.05) is 18.2 Å². The van der Waals surface area contributed by atoms with E-state index in [0.717, 1.165) is 54.2 Å². The van der Waals surface area contributed by atoms with Crippen molar-refractivity contribution in [1.29, 1.82) is 0 Å². The second-order valence-corrected chi connectivity index (χ2v) is 7.82. The first kappa shape index (κ1) is 20.1. The Morgan fingerprint density at radius 3 is 2.77 bits per heavy atom. The SMILES string of the molecule is Cc1cc(CN2CCN(c3cnc4ccccc4n3)C[C@H]2C)cc(OCC(=O)O)c1. The summed E-state index contributed by atoms with van der Waals surface area (Å²) in [6.45, 7) is 7.35. The van der Waals surface area contributed by atoms with Gasteiger partial charge in [-0.2, -0.15) is 0 Å². The van der Waals surface area contributed by atoms with Gasteiger partial charge in [0.2, 0.25) is 0 Å². The molecule has 4 rings (SSSR count). The number of hydrogen-bond acceptors (Lipinski definition) is 6. The van der Waals surface area contributed by atoms with Crippen LogP contribution in [-0.4, -0.2) is 58.2 Å². The number of ether oxygens (including phenoxy) is 1. The van der Waals surface area contributed by atoms with Gasteiger partial charge in [0, 0.05) is 32.2 Å². The largest absolute Gasteiger partial charge is 0.482 e. The third kappa shape index (κ3) is 4.68. The van der Waals surface area contributed by atoms with Crippen LogP contribution in [0.1, 0.15) is 18.1 Å². The second kappa shape index (κ2) is 8.67. The van der Waals surface area contributed by atoms with Crippen LogP contribution in [0.15, 0.2) is 48.7 Å². The van der Waals surface area contributed by atoms with Crippen molar-refractivity contribution in [2.24, 2.45) is 0 Å². The van der Waals surface area contributed by atoms with Crippen LogP contribution < -0.4 is 9.64 Å². The molecule has 2 aromatic carbocycles. The van der Waals surface area contributed by atoms with E-state index in [1.165, 1.54) is 0 Å². The second-order valence-electron chi connectivity index (χ2n) is 7.82. The van der Waals surface area contributed by atoms with E-state index >= 15 is 0 Å². The number of rotatable bonds is 6. The highest BCUT2D eigenvalue weighted by Crippen LogP contribution is 2.23. The molecule has 7 heteroatoms. The first-order valence-corrected chi connectivity index (χ1v) is 10.1. The Balaban J connectivity index is 1.42. The van der Waals surface area contributed by atoms with Gasteiger partial charge in [-0.3, -0.25) is 9.88 Å². The van der Waals surface area contributed by atoms with Crippen LogP contribution in [0.5, 0.6) is 5.75 Å². The summed E-state index contributed by atoms with van der Waals surface area (Å²) in [5.41, 5.74) is 4.01. The van der Waals surface area contributed by atoms with Crippen molar-refractivity contribution in [1.82, 2.24) is 14.9 Å². The first-order valence-electron chi connectivity index (χ1n) is 10.1. The fourth-order valence-corrected chi connectivity index (χ4v) is 3.92. The van der Waals surface area contributed by atoms with E-state index in [4.69, 9.17) is 14.8 Å². The number of fused-ring (bicyclic) bond motifs is 1. The van der Waals surface area contributed by atoms with Crippen LogP contribution in [0.4, 0.5) is 5.82 Å². The molecule has 156 valence electrons. The van der Waals surface area contributed by atoms with Gasteiger partial charge in [-0.15, -0.1) is 0 Å². The molecule has 1 aliphatic rings. The number of carboxylic acid groups (broad SMARTS) is 1. The zero-order valence-electron chi connectivity index (χ0n) is 17.3. The molecule has 1 aromatic heterocycles. The van der Waals surface area contributed by atoms with Gasteiger partial charge in [-0.05, 0) is 49.2 Å². The highest BCUT2D eigenvalue weighted by atomic mass is 16.5. The van der Waals surface area contributed by atoms with Crippen molar-refractivity contribution < 1.29 is 14.6 Å².